The van der Waals surface area contributed by atoms with Crippen molar-refractivity contribution in [2.45, 2.75) is 0 Å². The molecule has 0 aromatic rings. The van der Waals surface area contributed by atoms with E-state index in [9.17, 15) is 0 Å². The van der Waals surface area contributed by atoms with E-state index in [1.54, 1.807) is 0 Å². The average molecular weight is 176 g/mol. The zero-order valence-electron chi connectivity index (χ0n) is 4.94. The van der Waals surface area contributed by atoms with Gasteiger partial charge in [-0.25, -0.2) is 0 Å². The second kappa shape index (κ2) is 12.5. The van der Waals surface area contributed by atoms with Gasteiger partial charge in [0, 0.05) is 0 Å². The van der Waals surface area contributed by atoms with E-state index in [-0.39, 0.29) is 61.8 Å². The van der Waals surface area contributed by atoms with Crippen LogP contribution in [0.15, 0.2) is 0 Å². The zero-order valence-corrected chi connectivity index (χ0v) is 7.23. The Kier molecular flexibility index (Phi) is 42.8. The molecule has 40 valence electrons. The smallest absolute Gasteiger partial charge is 2.00 e. The van der Waals surface area contributed by atoms with E-state index >= 15 is 0 Å². The molecule has 9 heavy (non-hydrogen) atoms. The van der Waals surface area contributed by atoms with Gasteiger partial charge >= 0.3 is 56.3 Å². The monoisotopic (exact) mass is 176 g/mol. The fourth-order valence-corrected chi connectivity index (χ4v) is 0. The predicted octanol–water partition coefficient (Wildman–Crippen LogP) is -8.94. The van der Waals surface area contributed by atoms with Crippen molar-refractivity contribution in [3.05, 3.63) is 0 Å². The topological polar surface area (TPSA) is 115 Å². The molecule has 5 nitrogen and oxygen atoms in total. The number of rotatable bonds is 0. The van der Waals surface area contributed by atoms with Crippen LogP contribution < -0.4 is 52.4 Å². The van der Waals surface area contributed by atoms with Crippen LogP contribution in [0.3, 0.4) is 0 Å². The van der Waals surface area contributed by atoms with Crippen LogP contribution in [0.25, 0.3) is 0 Å². The molecule has 0 aromatic heterocycles. The van der Waals surface area contributed by atoms with E-state index in [1.165, 1.54) is 0 Å². The first-order valence-corrected chi connectivity index (χ1v) is 2.19. The van der Waals surface area contributed by atoms with Gasteiger partial charge < -0.3 is 24.7 Å². The summed E-state index contributed by atoms with van der Waals surface area (Å²) in [5.41, 5.74) is 0. The molecule has 0 N–H and O–H groups in total. The van der Waals surface area contributed by atoms with Crippen molar-refractivity contribution in [1.82, 2.24) is 0 Å². The molecule has 0 radical (unpaired) electrons. The van der Waals surface area contributed by atoms with E-state index in [1.807, 2.05) is 0 Å². The molecule has 9 heteroatoms. The largest absolute Gasteiger partial charge is 5.00 e. The quantitative estimate of drug-likeness (QED) is 0.269. The maximum Gasteiger partial charge on any atom is 5.00 e. The van der Waals surface area contributed by atoms with Crippen LogP contribution in [0, 0.1) is 0 Å². The van der Waals surface area contributed by atoms with Crippen LogP contribution in [0.4, 0.5) is 0 Å². The van der Waals surface area contributed by atoms with Crippen LogP contribution in [0.5, 0.6) is 0 Å². The molecule has 0 aromatic carbocycles. The van der Waals surface area contributed by atoms with Gasteiger partial charge in [-0.2, -0.15) is 7.82 Å². The van der Waals surface area contributed by atoms with E-state index in [0.717, 1.165) is 0 Å². The van der Waals surface area contributed by atoms with Gasteiger partial charge in [0.1, 0.15) is 0 Å². The van der Waals surface area contributed by atoms with Gasteiger partial charge in [-0.05, 0) is 0 Å². The van der Waals surface area contributed by atoms with Gasteiger partial charge in [-0.1, -0.05) is 0 Å². The second-order valence-corrected chi connectivity index (χ2v) is 1.34. The van der Waals surface area contributed by atoms with Gasteiger partial charge in [0.05, 0.1) is 0 Å². The molecular weight excluding hydrogens is 176 g/mol. The van der Waals surface area contributed by atoms with Crippen LogP contribution in [0.2, 0.25) is 0 Å². The summed E-state index contributed by atoms with van der Waals surface area (Å²) in [5, 5.41) is 0. The molecular formula is Li2O5PV+2. The molecule has 0 saturated heterocycles. The minimum Gasteiger partial charge on any atom is -2.00 e. The minimum atomic E-state index is -5.39. The minimum absolute atomic E-state index is 0. The Morgan fingerprint density at radius 2 is 1.00 bits per heavy atom. The third kappa shape index (κ3) is 177. The van der Waals surface area contributed by atoms with Gasteiger partial charge in [0.15, 0.2) is 0 Å². The van der Waals surface area contributed by atoms with Crippen molar-refractivity contribution < 1.29 is 81.0 Å². The van der Waals surface area contributed by atoms with Gasteiger partial charge in [-0.3, -0.25) is 0 Å². The van der Waals surface area contributed by atoms with Crippen LogP contribution >= 0.6 is 7.82 Å². The van der Waals surface area contributed by atoms with Crippen molar-refractivity contribution in [2.24, 2.45) is 0 Å². The molecule has 0 heterocycles. The van der Waals surface area contributed by atoms with Gasteiger partial charge in [-0.15, -0.1) is 0 Å². The fraction of sp³-hybridized carbons (Fsp3) is 0. The van der Waals surface area contributed by atoms with Crippen molar-refractivity contribution in [3.63, 3.8) is 0 Å². The van der Waals surface area contributed by atoms with E-state index in [0.29, 0.717) is 0 Å². The molecule has 0 bridgehead atoms. The van der Waals surface area contributed by atoms with Gasteiger partial charge in [0.2, 0.25) is 0 Å². The molecule has 0 aliphatic heterocycles. The normalized spacial score (nSPS) is 6.56. The summed E-state index contributed by atoms with van der Waals surface area (Å²) in [6.45, 7) is 0. The van der Waals surface area contributed by atoms with Crippen molar-refractivity contribution in [2.75, 3.05) is 0 Å². The molecule has 0 rings (SSSR count). The molecule has 0 fully saturated rings. The summed E-state index contributed by atoms with van der Waals surface area (Å²) in [6, 6.07) is 0. The third-order valence-electron chi connectivity index (χ3n) is 0. The van der Waals surface area contributed by atoms with Crippen LogP contribution in [0.1, 0.15) is 0 Å². The molecule has 0 unspecified atom stereocenters. The Labute approximate surface area is 88.4 Å². The second-order valence-electron chi connectivity index (χ2n) is 0.447. The SMILES string of the molecule is O=P([O-])([O-])[O-].[Li+].[Li+].[O-2].[V+5]. The molecule has 0 saturated carbocycles. The Hall–Kier alpha value is 1.85. The number of hydrogen-bond acceptors (Lipinski definition) is 4. The fourth-order valence-electron chi connectivity index (χ4n) is 0. The molecule has 0 aliphatic carbocycles. The molecule has 0 aliphatic rings. The van der Waals surface area contributed by atoms with Crippen molar-refractivity contribution in [1.29, 1.82) is 0 Å². The summed E-state index contributed by atoms with van der Waals surface area (Å²) >= 11 is 0. The zero-order chi connectivity index (χ0) is 4.50. The predicted molar refractivity (Wildman–Crippen MR) is 8.29 cm³/mol. The van der Waals surface area contributed by atoms with Crippen LogP contribution in [-0.2, 0) is 28.6 Å². The van der Waals surface area contributed by atoms with E-state index < -0.39 is 7.82 Å². The first-order chi connectivity index (χ1) is 2.00. The Bertz CT molecular complexity index is 61.1. The number of phosphoric acid groups is 1. The van der Waals surface area contributed by atoms with Crippen LogP contribution in [-0.4, -0.2) is 0 Å². The number of hydrogen-bond donors (Lipinski definition) is 0. The Morgan fingerprint density at radius 3 is 1.00 bits per heavy atom. The summed E-state index contributed by atoms with van der Waals surface area (Å²) in [4.78, 5) is 25.6. The Morgan fingerprint density at radius 1 is 1.00 bits per heavy atom. The van der Waals surface area contributed by atoms with Gasteiger partial charge in [0.25, 0.3) is 0 Å². The summed E-state index contributed by atoms with van der Waals surface area (Å²) < 4.78 is 8.55. The molecule has 0 atom stereocenters. The van der Waals surface area contributed by atoms with Crippen molar-refractivity contribution in [3.8, 4) is 0 Å². The van der Waals surface area contributed by atoms with E-state index in [2.05, 4.69) is 0 Å². The van der Waals surface area contributed by atoms with E-state index in [4.69, 9.17) is 19.2 Å². The average Bonchev–Trinajstić information content (AvgIpc) is 0.722. The third-order valence-corrected chi connectivity index (χ3v) is 0. The summed E-state index contributed by atoms with van der Waals surface area (Å²) in [5.74, 6) is 0. The first kappa shape index (κ1) is 30.8. The maximum atomic E-state index is 8.55. The first-order valence-electron chi connectivity index (χ1n) is 0.730. The summed E-state index contributed by atoms with van der Waals surface area (Å²) in [6.07, 6.45) is 0. The standard InChI is InChI=1S/2Li.H3O4P.O.V/c;;1-5(2,3)4;;/h;;(H3,1,2,3,4);;/q2*+1;;-2;+5/p-3. The summed E-state index contributed by atoms with van der Waals surface area (Å²) in [7, 11) is -5.39. The maximum absolute atomic E-state index is 8.55. The Balaban J connectivity index is -0.0000000133. The van der Waals surface area contributed by atoms with Crippen molar-refractivity contribution >= 4 is 7.82 Å². The molecule has 0 amide bonds. The molecule has 0 spiro atoms.